The van der Waals surface area contributed by atoms with Crippen molar-refractivity contribution in [3.05, 3.63) is 108 Å². The molecule has 1 N–H and O–H groups in total. The molecule has 4 aromatic rings. The molecule has 0 saturated carbocycles. The van der Waals surface area contributed by atoms with Gasteiger partial charge in [0.15, 0.2) is 11.4 Å². The minimum Gasteiger partial charge on any atom is -1.00 e. The number of para-hydroxylation sites is 3. The Labute approximate surface area is 233 Å². The Morgan fingerprint density at radius 3 is 2.21 bits per heavy atom. The van der Waals surface area contributed by atoms with Crippen molar-refractivity contribution in [2.45, 2.75) is 25.0 Å². The molecule has 0 amide bonds. The van der Waals surface area contributed by atoms with Gasteiger partial charge >= 0.3 is 0 Å². The van der Waals surface area contributed by atoms with E-state index in [2.05, 4.69) is 4.98 Å². The number of halogens is 1. The van der Waals surface area contributed by atoms with Crippen LogP contribution in [0, 0.1) is 11.8 Å². The number of rotatable bonds is 6. The van der Waals surface area contributed by atoms with Gasteiger partial charge in [0.1, 0.15) is 23.8 Å². The number of ether oxygens (including phenoxy) is 2. The van der Waals surface area contributed by atoms with Crippen molar-refractivity contribution >= 4 is 0 Å². The Bertz CT molecular complexity index is 1370. The SMILES string of the molecule is OC1(c2ncc(C[N+]34CCC(CC3)[C@H](COc3ccccc3)C4)o2)c2ccccc2Oc2ccccc21.[Br-]. The average molecular weight is 576 g/mol. The summed E-state index contributed by atoms with van der Waals surface area (Å²) in [5.74, 6) is 4.53. The number of nitrogens with zero attached hydrogens (tertiary/aromatic N) is 2. The van der Waals surface area contributed by atoms with Gasteiger partial charge in [-0.25, -0.2) is 4.98 Å². The number of hydrogen-bond donors (Lipinski definition) is 1. The first-order valence-electron chi connectivity index (χ1n) is 13.2. The van der Waals surface area contributed by atoms with Gasteiger partial charge in [-0.3, -0.25) is 0 Å². The molecule has 0 radical (unpaired) electrons. The molecule has 4 aliphatic rings. The summed E-state index contributed by atoms with van der Waals surface area (Å²) < 4.78 is 19.6. The zero-order valence-corrected chi connectivity index (χ0v) is 22.7. The second kappa shape index (κ2) is 9.88. The molecule has 0 aliphatic carbocycles. The Kier molecular flexibility index (Phi) is 6.54. The third-order valence-electron chi connectivity index (χ3n) is 8.57. The van der Waals surface area contributed by atoms with Crippen LogP contribution in [-0.4, -0.2) is 40.8 Å². The number of aliphatic hydroxyl groups is 1. The minimum absolute atomic E-state index is 0. The third-order valence-corrected chi connectivity index (χ3v) is 8.57. The molecular formula is C31H31BrN2O4. The number of oxazole rings is 1. The van der Waals surface area contributed by atoms with E-state index in [1.807, 2.05) is 78.9 Å². The van der Waals surface area contributed by atoms with Gasteiger partial charge in [-0.1, -0.05) is 54.6 Å². The van der Waals surface area contributed by atoms with Crippen LogP contribution in [-0.2, 0) is 12.1 Å². The van der Waals surface area contributed by atoms with Gasteiger partial charge in [0.25, 0.3) is 0 Å². The zero-order chi connectivity index (χ0) is 24.9. The van der Waals surface area contributed by atoms with Crippen molar-refractivity contribution in [1.29, 1.82) is 0 Å². The van der Waals surface area contributed by atoms with Crippen LogP contribution >= 0.6 is 0 Å². The van der Waals surface area contributed by atoms with Crippen LogP contribution in [0.2, 0.25) is 0 Å². The molecule has 4 aliphatic heterocycles. The van der Waals surface area contributed by atoms with E-state index < -0.39 is 5.60 Å². The lowest BCUT2D eigenvalue weighted by Crippen LogP contribution is -3.00. The molecule has 0 spiro atoms. The van der Waals surface area contributed by atoms with E-state index in [1.54, 1.807) is 6.20 Å². The molecule has 3 fully saturated rings. The summed E-state index contributed by atoms with van der Waals surface area (Å²) in [4.78, 5) is 4.64. The zero-order valence-electron chi connectivity index (χ0n) is 21.1. The van der Waals surface area contributed by atoms with Crippen LogP contribution in [0.25, 0.3) is 0 Å². The van der Waals surface area contributed by atoms with Crippen LogP contribution < -0.4 is 26.5 Å². The molecule has 196 valence electrons. The van der Waals surface area contributed by atoms with E-state index in [0.717, 1.165) is 54.7 Å². The lowest BCUT2D eigenvalue weighted by Gasteiger charge is -2.52. The molecule has 0 unspecified atom stereocenters. The number of fused-ring (bicyclic) bond motifs is 5. The number of benzene rings is 3. The highest BCUT2D eigenvalue weighted by Crippen LogP contribution is 2.50. The van der Waals surface area contributed by atoms with Gasteiger partial charge in [-0.05, 0) is 30.2 Å². The first-order chi connectivity index (χ1) is 18.1. The van der Waals surface area contributed by atoms with Crippen molar-refractivity contribution < 1.29 is 40.5 Å². The molecule has 5 heterocycles. The monoisotopic (exact) mass is 574 g/mol. The van der Waals surface area contributed by atoms with Crippen LogP contribution in [0.3, 0.4) is 0 Å². The summed E-state index contributed by atoms with van der Waals surface area (Å²) >= 11 is 0. The predicted molar refractivity (Wildman–Crippen MR) is 138 cm³/mol. The Morgan fingerprint density at radius 1 is 0.895 bits per heavy atom. The average Bonchev–Trinajstić information content (AvgIpc) is 3.42. The standard InChI is InChI=1S/C31H31N2O4.BrH/c34-31(26-10-4-6-12-28(26)37-29-13-7-5-11-27(29)31)30-32-18-25(36-30)20-33-16-14-22(15-17-33)23(19-33)21-35-24-8-2-1-3-9-24;/h1-13,18,22-23,34H,14-17,19-21H2;1H/q+1;/p-1/t22?,23-,33?;/m0./s1. The lowest BCUT2D eigenvalue weighted by molar-refractivity contribution is -0.960. The highest BCUT2D eigenvalue weighted by Gasteiger charge is 2.48. The van der Waals surface area contributed by atoms with Gasteiger partial charge in [-0.2, -0.15) is 0 Å². The van der Waals surface area contributed by atoms with Crippen molar-refractivity contribution in [3.8, 4) is 17.2 Å². The first kappa shape index (κ1) is 25.2. The third kappa shape index (κ3) is 4.23. The van der Waals surface area contributed by atoms with Crippen LogP contribution in [0.5, 0.6) is 17.2 Å². The molecular weight excluding hydrogens is 544 g/mol. The highest BCUT2D eigenvalue weighted by molar-refractivity contribution is 5.58. The lowest BCUT2D eigenvalue weighted by atomic mass is 9.77. The molecule has 3 saturated heterocycles. The summed E-state index contributed by atoms with van der Waals surface area (Å²) in [5.41, 5.74) is -0.220. The highest BCUT2D eigenvalue weighted by atomic mass is 79.9. The van der Waals surface area contributed by atoms with Gasteiger partial charge < -0.3 is 40.5 Å². The van der Waals surface area contributed by atoms with Crippen LogP contribution in [0.4, 0.5) is 0 Å². The summed E-state index contributed by atoms with van der Waals surface area (Å²) in [6, 6.07) is 25.2. The number of aromatic nitrogens is 1. The Hall–Kier alpha value is -3.13. The van der Waals surface area contributed by atoms with Gasteiger partial charge in [0.05, 0.1) is 32.4 Å². The van der Waals surface area contributed by atoms with E-state index in [4.69, 9.17) is 13.9 Å². The van der Waals surface area contributed by atoms with Crippen LogP contribution in [0.1, 0.15) is 35.6 Å². The second-order valence-corrected chi connectivity index (χ2v) is 10.8. The molecule has 6 nitrogen and oxygen atoms in total. The fourth-order valence-electron chi connectivity index (χ4n) is 6.65. The van der Waals surface area contributed by atoms with Gasteiger partial charge in [0, 0.05) is 29.9 Å². The smallest absolute Gasteiger partial charge is 0.236 e. The van der Waals surface area contributed by atoms with E-state index >= 15 is 0 Å². The van der Waals surface area contributed by atoms with Crippen molar-refractivity contribution in [1.82, 2.24) is 4.98 Å². The molecule has 1 aromatic heterocycles. The molecule has 1 atom stereocenters. The van der Waals surface area contributed by atoms with Crippen molar-refractivity contribution in [3.63, 3.8) is 0 Å². The molecule has 7 heteroatoms. The summed E-state index contributed by atoms with van der Waals surface area (Å²) in [5, 5.41) is 12.2. The minimum atomic E-state index is -1.51. The fraction of sp³-hybridized carbons (Fsp3) is 0.323. The molecule has 3 aromatic carbocycles. The topological polar surface area (TPSA) is 64.7 Å². The maximum atomic E-state index is 12.2. The maximum Gasteiger partial charge on any atom is 0.236 e. The summed E-state index contributed by atoms with van der Waals surface area (Å²) in [6.07, 6.45) is 4.23. The van der Waals surface area contributed by atoms with Crippen LogP contribution in [0.15, 0.2) is 89.5 Å². The second-order valence-electron chi connectivity index (χ2n) is 10.8. The van der Waals surface area contributed by atoms with Crippen molar-refractivity contribution in [2.75, 3.05) is 26.2 Å². The van der Waals surface area contributed by atoms with E-state index in [1.165, 1.54) is 12.8 Å². The predicted octanol–water partition coefficient (Wildman–Crippen LogP) is 2.50. The molecule has 38 heavy (non-hydrogen) atoms. The quantitative estimate of drug-likeness (QED) is 0.358. The first-order valence-corrected chi connectivity index (χ1v) is 13.2. The fourth-order valence-corrected chi connectivity index (χ4v) is 6.65. The van der Waals surface area contributed by atoms with Crippen molar-refractivity contribution in [2.24, 2.45) is 11.8 Å². The largest absolute Gasteiger partial charge is 1.00 e. The van der Waals surface area contributed by atoms with E-state index in [-0.39, 0.29) is 17.0 Å². The Balaban J connectivity index is 0.00000264. The number of quaternary nitrogens is 1. The van der Waals surface area contributed by atoms with E-state index in [0.29, 0.717) is 34.4 Å². The molecule has 2 bridgehead atoms. The summed E-state index contributed by atoms with van der Waals surface area (Å²) in [6.45, 7) is 4.90. The van der Waals surface area contributed by atoms with E-state index in [9.17, 15) is 5.11 Å². The van der Waals surface area contributed by atoms with Gasteiger partial charge in [-0.15, -0.1) is 0 Å². The normalized spacial score (nSPS) is 24.4. The summed E-state index contributed by atoms with van der Waals surface area (Å²) in [7, 11) is 0. The van der Waals surface area contributed by atoms with Gasteiger partial charge in [0.2, 0.25) is 5.89 Å². The Morgan fingerprint density at radius 2 is 1.53 bits per heavy atom. The molecule has 8 rings (SSSR count). The number of hydrogen-bond acceptors (Lipinski definition) is 5. The number of piperidine rings is 3. The maximum absolute atomic E-state index is 12.2.